The number of carbonyl (C=O) groups is 1. The molecule has 0 aliphatic rings. The number of hydrogen-bond acceptors (Lipinski definition) is 7. The van der Waals surface area contributed by atoms with Crippen LogP contribution in [0.25, 0.3) is 10.8 Å². The highest BCUT2D eigenvalue weighted by molar-refractivity contribution is 7.85. The number of fused-ring (bicyclic) bond motifs is 1. The van der Waals surface area contributed by atoms with Crippen molar-refractivity contribution >= 4 is 67.1 Å². The molecule has 0 aliphatic heterocycles. The first-order valence-corrected chi connectivity index (χ1v) is 13.9. The van der Waals surface area contributed by atoms with Gasteiger partial charge in [-0.1, -0.05) is 54.4 Å². The predicted octanol–water partition coefficient (Wildman–Crippen LogP) is 7.73. The Hall–Kier alpha value is -3.70. The third-order valence-corrected chi connectivity index (χ3v) is 7.33. The van der Waals surface area contributed by atoms with Crippen LogP contribution in [0.2, 0.25) is 10.0 Å². The van der Waals surface area contributed by atoms with E-state index in [9.17, 15) is 22.9 Å². The van der Waals surface area contributed by atoms with Gasteiger partial charge in [0.1, 0.15) is 17.1 Å². The molecule has 0 atom stereocenters. The number of halogens is 2. The second kappa shape index (κ2) is 11.6. The molecule has 0 radical (unpaired) electrons. The minimum Gasteiger partial charge on any atom is -0.505 e. The van der Waals surface area contributed by atoms with Gasteiger partial charge in [-0.25, -0.2) is 0 Å². The summed E-state index contributed by atoms with van der Waals surface area (Å²) in [6.07, 6.45) is 0.272. The van der Waals surface area contributed by atoms with Crippen molar-refractivity contribution < 1.29 is 27.6 Å². The van der Waals surface area contributed by atoms with Crippen LogP contribution in [0.4, 0.5) is 17.1 Å². The lowest BCUT2D eigenvalue weighted by molar-refractivity contribution is 0.102. The molecule has 39 heavy (non-hydrogen) atoms. The van der Waals surface area contributed by atoms with Gasteiger partial charge in [0, 0.05) is 17.1 Å². The maximum absolute atomic E-state index is 13.2. The second-order valence-corrected chi connectivity index (χ2v) is 10.5. The average molecular weight is 588 g/mol. The molecular weight excluding hydrogens is 565 g/mol. The van der Waals surface area contributed by atoms with E-state index >= 15 is 0 Å². The monoisotopic (exact) mass is 587 g/mol. The first-order chi connectivity index (χ1) is 18.5. The Morgan fingerprint density at radius 2 is 1.74 bits per heavy atom. The number of nitrogens with zero attached hydrogens (tertiary/aromatic N) is 2. The van der Waals surface area contributed by atoms with Crippen molar-refractivity contribution in [2.45, 2.75) is 25.2 Å². The van der Waals surface area contributed by atoms with Gasteiger partial charge in [-0.2, -0.15) is 8.42 Å². The number of hydrogen-bond donors (Lipinski definition) is 3. The molecule has 202 valence electrons. The number of benzene rings is 4. The SMILES string of the molecule is CCOc1cc(NC(=O)c2cc3ccccc3c(N=Nc3cc(CC)c(S(=O)(=O)O)cc3Cl)c2O)ccc1Cl. The fraction of sp³-hybridized carbons (Fsp3) is 0.148. The molecule has 4 aromatic carbocycles. The molecule has 0 spiro atoms. The lowest BCUT2D eigenvalue weighted by Crippen LogP contribution is -2.12. The number of phenols is 1. The summed E-state index contributed by atoms with van der Waals surface area (Å²) in [7, 11) is -4.49. The molecule has 3 N–H and O–H groups in total. The van der Waals surface area contributed by atoms with Crippen LogP contribution in [-0.2, 0) is 16.5 Å². The normalized spacial score (nSPS) is 11.7. The van der Waals surface area contributed by atoms with Crippen LogP contribution in [-0.4, -0.2) is 30.6 Å². The summed E-state index contributed by atoms with van der Waals surface area (Å²) >= 11 is 12.4. The Labute approximate surface area is 234 Å². The predicted molar refractivity (Wildman–Crippen MR) is 151 cm³/mol. The molecule has 4 rings (SSSR count). The number of carbonyl (C=O) groups excluding carboxylic acids is 1. The second-order valence-electron chi connectivity index (χ2n) is 8.31. The summed E-state index contributed by atoms with van der Waals surface area (Å²) < 4.78 is 38.4. The van der Waals surface area contributed by atoms with Crippen molar-refractivity contribution in [3.05, 3.63) is 81.8 Å². The van der Waals surface area contributed by atoms with Crippen molar-refractivity contribution in [2.24, 2.45) is 10.2 Å². The first-order valence-electron chi connectivity index (χ1n) is 11.7. The number of amides is 1. The molecule has 0 aromatic heterocycles. The third-order valence-electron chi connectivity index (χ3n) is 5.78. The number of aryl methyl sites for hydroxylation is 1. The summed E-state index contributed by atoms with van der Waals surface area (Å²) in [5.74, 6) is -0.629. The summed E-state index contributed by atoms with van der Waals surface area (Å²) in [6.45, 7) is 3.90. The molecule has 9 nitrogen and oxygen atoms in total. The van der Waals surface area contributed by atoms with Crippen LogP contribution >= 0.6 is 23.2 Å². The molecule has 0 saturated carbocycles. The highest BCUT2D eigenvalue weighted by Crippen LogP contribution is 2.41. The molecule has 0 unspecified atom stereocenters. The summed E-state index contributed by atoms with van der Waals surface area (Å²) in [6, 6.07) is 15.8. The van der Waals surface area contributed by atoms with Crippen LogP contribution in [0.15, 0.2) is 75.8 Å². The Morgan fingerprint density at radius 3 is 2.44 bits per heavy atom. The first kappa shape index (κ1) is 28.3. The Kier molecular flexibility index (Phi) is 8.41. The van der Waals surface area contributed by atoms with Gasteiger partial charge in [-0.05, 0) is 54.6 Å². The number of anilines is 1. The minimum absolute atomic E-state index is 0.0114. The van der Waals surface area contributed by atoms with Gasteiger partial charge in [0.05, 0.1) is 27.1 Å². The Balaban J connectivity index is 1.77. The van der Waals surface area contributed by atoms with E-state index in [1.807, 2.05) is 6.92 Å². The summed E-state index contributed by atoms with van der Waals surface area (Å²) in [5, 5.41) is 23.6. The van der Waals surface area contributed by atoms with E-state index in [-0.39, 0.29) is 38.8 Å². The van der Waals surface area contributed by atoms with E-state index in [1.54, 1.807) is 49.4 Å². The van der Waals surface area contributed by atoms with Crippen molar-refractivity contribution in [2.75, 3.05) is 11.9 Å². The lowest BCUT2D eigenvalue weighted by Gasteiger charge is -2.13. The van der Waals surface area contributed by atoms with Crippen molar-refractivity contribution in [3.63, 3.8) is 0 Å². The van der Waals surface area contributed by atoms with Crippen LogP contribution in [0.1, 0.15) is 29.8 Å². The fourth-order valence-corrected chi connectivity index (χ4v) is 5.16. The Bertz CT molecular complexity index is 1720. The highest BCUT2D eigenvalue weighted by Gasteiger charge is 2.20. The molecule has 0 bridgehead atoms. The lowest BCUT2D eigenvalue weighted by atomic mass is 10.0. The maximum atomic E-state index is 13.2. The zero-order valence-corrected chi connectivity index (χ0v) is 23.1. The average Bonchev–Trinajstić information content (AvgIpc) is 2.89. The third kappa shape index (κ3) is 6.15. The van der Waals surface area contributed by atoms with Gasteiger partial charge in [0.15, 0.2) is 5.75 Å². The van der Waals surface area contributed by atoms with Crippen LogP contribution in [0, 0.1) is 0 Å². The zero-order valence-electron chi connectivity index (χ0n) is 20.8. The summed E-state index contributed by atoms with van der Waals surface area (Å²) in [5.41, 5.74) is 0.757. The molecule has 0 heterocycles. The smallest absolute Gasteiger partial charge is 0.294 e. The number of aromatic hydroxyl groups is 1. The number of ether oxygens (including phenoxy) is 1. The van der Waals surface area contributed by atoms with Gasteiger partial charge in [0.2, 0.25) is 0 Å². The molecule has 4 aromatic rings. The number of rotatable bonds is 8. The molecular formula is C27H23Cl2N3O6S. The molecule has 0 saturated heterocycles. The van der Waals surface area contributed by atoms with E-state index in [0.29, 0.717) is 33.8 Å². The molecule has 12 heteroatoms. The van der Waals surface area contributed by atoms with Crippen LogP contribution in [0.3, 0.4) is 0 Å². The van der Waals surface area contributed by atoms with Gasteiger partial charge < -0.3 is 15.2 Å². The fourth-order valence-electron chi connectivity index (χ4n) is 3.92. The molecule has 0 aliphatic carbocycles. The topological polar surface area (TPSA) is 138 Å². The van der Waals surface area contributed by atoms with Crippen LogP contribution < -0.4 is 10.1 Å². The summed E-state index contributed by atoms with van der Waals surface area (Å²) in [4.78, 5) is 12.9. The Morgan fingerprint density at radius 1 is 1.00 bits per heavy atom. The van der Waals surface area contributed by atoms with Crippen molar-refractivity contribution in [1.82, 2.24) is 0 Å². The standard InChI is InChI=1S/C27H23Cl2N3O6S/c1-3-15-12-22(21(29)14-24(15)39(35,36)37)31-32-25-18-8-6-5-7-16(18)11-19(26(25)33)27(34)30-17-9-10-20(28)23(13-17)38-4-2/h5-14,33H,3-4H2,1-2H3,(H,30,34)(H,35,36,37). The van der Waals surface area contributed by atoms with Gasteiger partial charge in [-0.15, -0.1) is 10.2 Å². The van der Waals surface area contributed by atoms with Gasteiger partial charge in [0.25, 0.3) is 16.0 Å². The zero-order chi connectivity index (χ0) is 28.3. The van der Waals surface area contributed by atoms with E-state index in [1.165, 1.54) is 12.1 Å². The quantitative estimate of drug-likeness (QED) is 0.142. The largest absolute Gasteiger partial charge is 0.505 e. The number of azo groups is 1. The number of phenolic OH excluding ortho intramolecular Hbond substituents is 1. The van der Waals surface area contributed by atoms with E-state index in [2.05, 4.69) is 15.5 Å². The van der Waals surface area contributed by atoms with Crippen molar-refractivity contribution in [3.8, 4) is 11.5 Å². The minimum atomic E-state index is -4.49. The van der Waals surface area contributed by atoms with E-state index in [0.717, 1.165) is 6.07 Å². The highest BCUT2D eigenvalue weighted by atomic mass is 35.5. The van der Waals surface area contributed by atoms with Crippen LogP contribution in [0.5, 0.6) is 11.5 Å². The number of nitrogens with one attached hydrogen (secondary N) is 1. The van der Waals surface area contributed by atoms with Gasteiger partial charge in [-0.3, -0.25) is 9.35 Å². The molecule has 0 fully saturated rings. The van der Waals surface area contributed by atoms with Crippen molar-refractivity contribution in [1.29, 1.82) is 0 Å². The maximum Gasteiger partial charge on any atom is 0.294 e. The van der Waals surface area contributed by atoms with Gasteiger partial charge >= 0.3 is 0 Å². The molecule has 1 amide bonds. The van der Waals surface area contributed by atoms with E-state index in [4.69, 9.17) is 27.9 Å². The van der Waals surface area contributed by atoms with E-state index < -0.39 is 21.8 Å².